The van der Waals surface area contributed by atoms with E-state index in [1.807, 2.05) is 0 Å². The first-order valence-corrected chi connectivity index (χ1v) is 20.5. The second-order valence-electron chi connectivity index (χ2n) is 13.0. The van der Waals surface area contributed by atoms with Gasteiger partial charge in [-0.1, -0.05) is 0 Å². The van der Waals surface area contributed by atoms with E-state index in [2.05, 4.69) is 0 Å². The maximum atomic E-state index is 7.54. The molecular formula is C30H54O6Se. The molecule has 7 heteroatoms. The van der Waals surface area contributed by atoms with E-state index in [0.717, 1.165) is 77.0 Å². The van der Waals surface area contributed by atoms with E-state index in [-0.39, 0.29) is 36.6 Å². The fourth-order valence-electron chi connectivity index (χ4n) is 7.91. The Morgan fingerprint density at radius 3 is 0.514 bits per heavy atom. The summed E-state index contributed by atoms with van der Waals surface area (Å²) in [5.41, 5.74) is 0. The Bertz CT molecular complexity index is 564. The fourth-order valence-corrected chi connectivity index (χ4v) is 18.8. The molecule has 0 aromatic rings. The third-order valence-electron chi connectivity index (χ3n) is 9.81. The van der Waals surface area contributed by atoms with Crippen LogP contribution >= 0.6 is 0 Å². The van der Waals surface area contributed by atoms with Crippen LogP contribution < -0.4 is 0 Å². The van der Waals surface area contributed by atoms with Crippen LogP contribution in [0.4, 0.5) is 0 Å². The summed E-state index contributed by atoms with van der Waals surface area (Å²) >= 11 is -6.15. The Labute approximate surface area is 226 Å². The number of hydrogen-bond acceptors (Lipinski definition) is 6. The van der Waals surface area contributed by atoms with E-state index in [0.29, 0.717) is 0 Å². The number of hydrogen-bond donors (Lipinski definition) is 0. The molecule has 6 nitrogen and oxygen atoms in total. The minimum absolute atomic E-state index is 0.0158. The van der Waals surface area contributed by atoms with Crippen molar-refractivity contribution in [1.82, 2.24) is 0 Å². The van der Waals surface area contributed by atoms with Crippen LogP contribution in [0.5, 0.6) is 0 Å². The Balaban J connectivity index is 1.52. The average Bonchev–Trinajstić information content (AvgIpc) is 3.69. The monoisotopic (exact) mass is 590 g/mol. The molecule has 6 saturated carbocycles. The van der Waals surface area contributed by atoms with Gasteiger partial charge in [-0.15, -0.1) is 0 Å². The minimum atomic E-state index is -6.15. The normalized spacial score (nSPS) is 30.2. The van der Waals surface area contributed by atoms with Gasteiger partial charge in [-0.05, 0) is 0 Å². The van der Waals surface area contributed by atoms with Crippen LogP contribution in [0.1, 0.15) is 154 Å². The van der Waals surface area contributed by atoms with Crippen LogP contribution in [-0.2, 0) is 22.9 Å². The van der Waals surface area contributed by atoms with Gasteiger partial charge in [-0.25, -0.2) is 0 Å². The molecule has 0 bridgehead atoms. The first-order valence-electron chi connectivity index (χ1n) is 16.3. The molecule has 6 aliphatic carbocycles. The van der Waals surface area contributed by atoms with Gasteiger partial charge in [0.1, 0.15) is 0 Å². The van der Waals surface area contributed by atoms with Crippen LogP contribution in [0.2, 0.25) is 0 Å². The van der Waals surface area contributed by atoms with Gasteiger partial charge in [0.2, 0.25) is 0 Å². The van der Waals surface area contributed by atoms with Crippen LogP contribution in [0.3, 0.4) is 0 Å². The third-order valence-corrected chi connectivity index (χ3v) is 18.2. The van der Waals surface area contributed by atoms with Crippen molar-refractivity contribution in [2.45, 2.75) is 191 Å². The molecule has 0 amide bonds. The molecule has 0 spiro atoms. The van der Waals surface area contributed by atoms with Crippen molar-refractivity contribution >= 4 is 12.7 Å². The molecule has 6 aliphatic rings. The average molecular weight is 590 g/mol. The van der Waals surface area contributed by atoms with Gasteiger partial charge >= 0.3 is 226 Å². The van der Waals surface area contributed by atoms with Crippen LogP contribution in [0.15, 0.2) is 0 Å². The summed E-state index contributed by atoms with van der Waals surface area (Å²) in [5.74, 6) is 0. The third kappa shape index (κ3) is 6.00. The summed E-state index contributed by atoms with van der Waals surface area (Å²) in [6, 6.07) is 0. The molecule has 6 fully saturated rings. The zero-order chi connectivity index (χ0) is 25.1. The molecule has 0 aromatic carbocycles. The van der Waals surface area contributed by atoms with Gasteiger partial charge in [0.15, 0.2) is 0 Å². The van der Waals surface area contributed by atoms with Gasteiger partial charge in [-0.3, -0.25) is 0 Å². The molecule has 37 heavy (non-hydrogen) atoms. The molecule has 0 N–H and O–H groups in total. The van der Waals surface area contributed by atoms with E-state index in [1.165, 1.54) is 77.0 Å². The zero-order valence-electron chi connectivity index (χ0n) is 23.3. The van der Waals surface area contributed by atoms with Crippen molar-refractivity contribution in [2.75, 3.05) is 0 Å². The van der Waals surface area contributed by atoms with Crippen molar-refractivity contribution < 1.29 is 22.9 Å². The molecule has 6 rings (SSSR count). The predicted octanol–water partition coefficient (Wildman–Crippen LogP) is 8.08. The Morgan fingerprint density at radius 2 is 0.378 bits per heavy atom. The SMILES string of the molecule is C1CCC(O[Se](OC2CCCC2)(OC2CCCC2)(OC2CCCC2)(OC2CCCC2)OC2CCCC2)C1. The Kier molecular flexibility index (Phi) is 8.37. The topological polar surface area (TPSA) is 55.4 Å². The standard InChI is InChI=1S/C30H54O6Se/c1-2-14-25(13-1)31-37(32-26-15-3-4-16-26,33-27-17-5-6-18-27,34-28-19-7-8-20-28,35-29-21-9-10-22-29)36-30-23-11-12-24-30/h25-30H,1-24H2. The van der Waals surface area contributed by atoms with Crippen LogP contribution in [0.25, 0.3) is 0 Å². The first kappa shape index (κ1) is 27.4. The number of rotatable bonds is 12. The molecule has 0 heterocycles. The van der Waals surface area contributed by atoms with Crippen LogP contribution in [-0.4, -0.2) is 49.3 Å². The molecule has 0 unspecified atom stereocenters. The van der Waals surface area contributed by atoms with Crippen LogP contribution in [0, 0.1) is 0 Å². The fraction of sp³-hybridized carbons (Fsp3) is 1.00. The zero-order valence-corrected chi connectivity index (χ0v) is 25.0. The van der Waals surface area contributed by atoms with Gasteiger partial charge in [0.05, 0.1) is 0 Å². The van der Waals surface area contributed by atoms with Crippen molar-refractivity contribution in [1.29, 1.82) is 0 Å². The quantitative estimate of drug-likeness (QED) is 0.215. The summed E-state index contributed by atoms with van der Waals surface area (Å²) in [4.78, 5) is 0. The van der Waals surface area contributed by atoms with Crippen molar-refractivity contribution in [3.63, 3.8) is 0 Å². The molecular weight excluding hydrogens is 535 g/mol. The van der Waals surface area contributed by atoms with Gasteiger partial charge in [0.25, 0.3) is 0 Å². The maximum absolute atomic E-state index is 7.54. The Morgan fingerprint density at radius 1 is 0.243 bits per heavy atom. The van der Waals surface area contributed by atoms with E-state index in [9.17, 15) is 0 Å². The summed E-state index contributed by atoms with van der Waals surface area (Å²) in [6.07, 6.45) is 26.3. The summed E-state index contributed by atoms with van der Waals surface area (Å²) in [6.45, 7) is 0. The van der Waals surface area contributed by atoms with Gasteiger partial charge < -0.3 is 0 Å². The summed E-state index contributed by atoms with van der Waals surface area (Å²) in [7, 11) is 0. The Hall–Kier alpha value is 0.279. The molecule has 0 radical (unpaired) electrons. The second kappa shape index (κ2) is 11.3. The molecule has 0 aliphatic heterocycles. The van der Waals surface area contributed by atoms with Crippen molar-refractivity contribution in [2.24, 2.45) is 0 Å². The van der Waals surface area contributed by atoms with Crippen molar-refractivity contribution in [3.8, 4) is 0 Å². The van der Waals surface area contributed by atoms with E-state index >= 15 is 0 Å². The molecule has 0 saturated heterocycles. The van der Waals surface area contributed by atoms with Crippen molar-refractivity contribution in [3.05, 3.63) is 0 Å². The van der Waals surface area contributed by atoms with E-state index in [1.54, 1.807) is 0 Å². The molecule has 0 aromatic heterocycles. The molecule has 216 valence electrons. The van der Waals surface area contributed by atoms with Gasteiger partial charge in [-0.2, -0.15) is 0 Å². The summed E-state index contributed by atoms with van der Waals surface area (Å²) in [5, 5.41) is 0. The van der Waals surface area contributed by atoms with Gasteiger partial charge in [0, 0.05) is 0 Å². The predicted molar refractivity (Wildman–Crippen MR) is 146 cm³/mol. The van der Waals surface area contributed by atoms with E-state index < -0.39 is 12.7 Å². The second-order valence-corrected chi connectivity index (χ2v) is 19.7. The first-order chi connectivity index (χ1) is 18.1. The molecule has 0 atom stereocenters. The summed E-state index contributed by atoms with van der Waals surface area (Å²) < 4.78 is 45.2. The van der Waals surface area contributed by atoms with E-state index in [4.69, 9.17) is 22.9 Å².